The van der Waals surface area contributed by atoms with E-state index in [-0.39, 0.29) is 5.91 Å². The number of carbonyl (C=O) groups excluding carboxylic acids is 1. The Morgan fingerprint density at radius 2 is 1.56 bits per heavy atom. The summed E-state index contributed by atoms with van der Waals surface area (Å²) in [6.45, 7) is 0.589. The average Bonchev–Trinajstić information content (AvgIpc) is 3.38. The zero-order valence-corrected chi connectivity index (χ0v) is 14.8. The highest BCUT2D eigenvalue weighted by atomic mass is 32.2. The van der Waals surface area contributed by atoms with Crippen molar-refractivity contribution in [2.24, 2.45) is 0 Å². The second-order valence-electron chi connectivity index (χ2n) is 6.68. The Bertz CT molecular complexity index is 956. The lowest BCUT2D eigenvalue weighted by molar-refractivity contribution is -0.124. The number of amides is 1. The number of hydrogen-bond acceptors (Lipinski definition) is 3. The zero-order valence-electron chi connectivity index (χ0n) is 14.0. The number of sulfone groups is 1. The van der Waals surface area contributed by atoms with Crippen LogP contribution >= 0.6 is 0 Å². The molecule has 1 aliphatic heterocycles. The van der Waals surface area contributed by atoms with Crippen LogP contribution < -0.4 is 0 Å². The molecule has 2 aliphatic rings. The monoisotopic (exact) mass is 353 g/mol. The Labute approximate surface area is 147 Å². The van der Waals surface area contributed by atoms with Gasteiger partial charge in [-0.15, -0.1) is 0 Å². The van der Waals surface area contributed by atoms with Gasteiger partial charge in [0.1, 0.15) is 0 Å². The van der Waals surface area contributed by atoms with Gasteiger partial charge in [-0.3, -0.25) is 4.79 Å². The second-order valence-corrected chi connectivity index (χ2v) is 8.70. The van der Waals surface area contributed by atoms with Crippen molar-refractivity contribution >= 4 is 26.9 Å². The van der Waals surface area contributed by atoms with E-state index >= 15 is 0 Å². The minimum absolute atomic E-state index is 0.0795. The number of hydrogen-bond donors (Lipinski definition) is 0. The van der Waals surface area contributed by atoms with Gasteiger partial charge in [0.25, 0.3) is 5.91 Å². The summed E-state index contributed by atoms with van der Waals surface area (Å²) in [5, 5.41) is 0. The summed E-state index contributed by atoms with van der Waals surface area (Å²) in [5.74, 6) is 0.0795. The predicted molar refractivity (Wildman–Crippen MR) is 97.5 cm³/mol. The van der Waals surface area contributed by atoms with Crippen molar-refractivity contribution in [1.82, 2.24) is 4.90 Å². The van der Waals surface area contributed by atoms with Gasteiger partial charge < -0.3 is 4.90 Å². The predicted octanol–water partition coefficient (Wildman–Crippen LogP) is 3.01. The fraction of sp³-hybridized carbons (Fsp3) is 0.250. The minimum atomic E-state index is -3.23. The van der Waals surface area contributed by atoms with E-state index in [0.717, 1.165) is 35.1 Å². The van der Waals surface area contributed by atoms with Crippen LogP contribution in [0.5, 0.6) is 0 Å². The van der Waals surface area contributed by atoms with Crippen LogP contribution in [0.4, 0.5) is 0 Å². The first-order chi connectivity index (χ1) is 11.9. The highest BCUT2D eigenvalue weighted by Gasteiger charge is 2.40. The van der Waals surface area contributed by atoms with Crippen molar-refractivity contribution in [1.29, 1.82) is 0 Å². The topological polar surface area (TPSA) is 54.5 Å². The molecule has 0 atom stereocenters. The van der Waals surface area contributed by atoms with E-state index in [1.54, 1.807) is 24.3 Å². The fourth-order valence-corrected chi connectivity index (χ4v) is 3.95. The third-order valence-electron chi connectivity index (χ3n) is 4.79. The molecule has 0 unspecified atom stereocenters. The molecule has 2 aromatic carbocycles. The van der Waals surface area contributed by atoms with E-state index in [2.05, 4.69) is 0 Å². The maximum Gasteiger partial charge on any atom is 0.255 e. The second kappa shape index (κ2) is 5.85. The molecule has 0 radical (unpaired) electrons. The number of carbonyl (C=O) groups is 1. The van der Waals surface area contributed by atoms with E-state index in [1.165, 1.54) is 6.26 Å². The van der Waals surface area contributed by atoms with Gasteiger partial charge in [-0.2, -0.15) is 0 Å². The maximum atomic E-state index is 13.0. The van der Waals surface area contributed by atoms with Crippen LogP contribution in [0.1, 0.15) is 24.0 Å². The van der Waals surface area contributed by atoms with Gasteiger partial charge in [0.15, 0.2) is 9.84 Å². The molecule has 0 saturated heterocycles. The van der Waals surface area contributed by atoms with Gasteiger partial charge in [-0.05, 0) is 41.7 Å². The molecule has 1 heterocycles. The number of nitrogens with zero attached hydrogens (tertiary/aromatic N) is 1. The molecule has 1 saturated carbocycles. The summed E-state index contributed by atoms with van der Waals surface area (Å²) in [6, 6.07) is 16.9. The number of benzene rings is 2. The van der Waals surface area contributed by atoms with Gasteiger partial charge in [-0.25, -0.2) is 8.42 Å². The van der Waals surface area contributed by atoms with Crippen LogP contribution in [0.3, 0.4) is 0 Å². The first-order valence-corrected chi connectivity index (χ1v) is 10.2. The Morgan fingerprint density at radius 1 is 0.920 bits per heavy atom. The van der Waals surface area contributed by atoms with E-state index in [4.69, 9.17) is 0 Å². The molecule has 2 aromatic rings. The molecule has 0 spiro atoms. The molecule has 0 N–H and O–H groups in total. The molecule has 1 fully saturated rings. The molecule has 128 valence electrons. The lowest BCUT2D eigenvalue weighted by atomic mass is 9.97. The maximum absolute atomic E-state index is 13.0. The third-order valence-corrected chi connectivity index (χ3v) is 5.91. The summed E-state index contributed by atoms with van der Waals surface area (Å²) in [6.07, 6.45) is 3.33. The summed E-state index contributed by atoms with van der Waals surface area (Å²) in [7, 11) is -3.23. The first kappa shape index (κ1) is 16.1. The van der Waals surface area contributed by atoms with Crippen LogP contribution in [0, 0.1) is 0 Å². The smallest absolute Gasteiger partial charge is 0.255 e. The van der Waals surface area contributed by atoms with Gasteiger partial charge in [0, 0.05) is 18.8 Å². The highest BCUT2D eigenvalue weighted by molar-refractivity contribution is 7.90. The molecule has 0 bridgehead atoms. The van der Waals surface area contributed by atoms with Gasteiger partial charge in [-0.1, -0.05) is 42.5 Å². The Balaban J connectivity index is 1.80. The minimum Gasteiger partial charge on any atom is -0.331 e. The average molecular weight is 353 g/mol. The normalized spacial score (nSPS) is 18.1. The van der Waals surface area contributed by atoms with Crippen LogP contribution in [0.25, 0.3) is 11.1 Å². The van der Waals surface area contributed by atoms with E-state index in [1.807, 2.05) is 35.2 Å². The van der Waals surface area contributed by atoms with Crippen LogP contribution in [-0.2, 0) is 14.6 Å². The first-order valence-electron chi connectivity index (χ1n) is 8.35. The van der Waals surface area contributed by atoms with Gasteiger partial charge >= 0.3 is 0 Å². The third kappa shape index (κ3) is 3.00. The molecule has 0 aromatic heterocycles. The van der Waals surface area contributed by atoms with Crippen molar-refractivity contribution in [3.05, 3.63) is 65.7 Å². The summed E-state index contributed by atoms with van der Waals surface area (Å²) >= 11 is 0. The SMILES string of the molecule is CS(=O)(=O)c1ccc(C2=C(c3ccccc3)C(=O)N(C3CC3)C2)cc1. The van der Waals surface area contributed by atoms with Crippen molar-refractivity contribution in [3.63, 3.8) is 0 Å². The zero-order chi connectivity index (χ0) is 17.6. The van der Waals surface area contributed by atoms with Crippen molar-refractivity contribution in [3.8, 4) is 0 Å². The standard InChI is InChI=1S/C20H19NO3S/c1-25(23,24)17-11-7-14(8-12-17)18-13-21(16-9-10-16)20(22)19(18)15-5-3-2-4-6-15/h2-8,11-12,16H,9-10,13H2,1H3. The Kier molecular flexibility index (Phi) is 3.76. The van der Waals surface area contributed by atoms with Gasteiger partial charge in [0.2, 0.25) is 0 Å². The molecule has 4 rings (SSSR count). The van der Waals surface area contributed by atoms with E-state index < -0.39 is 9.84 Å². The largest absolute Gasteiger partial charge is 0.331 e. The van der Waals surface area contributed by atoms with Crippen LogP contribution in [0.15, 0.2) is 59.5 Å². The molecule has 25 heavy (non-hydrogen) atoms. The quantitative estimate of drug-likeness (QED) is 0.849. The lowest BCUT2D eigenvalue weighted by Crippen LogP contribution is -2.29. The molecule has 4 nitrogen and oxygen atoms in total. The molecular formula is C20H19NO3S. The van der Waals surface area contributed by atoms with Crippen molar-refractivity contribution < 1.29 is 13.2 Å². The van der Waals surface area contributed by atoms with E-state index in [0.29, 0.717) is 17.5 Å². The molecule has 5 heteroatoms. The van der Waals surface area contributed by atoms with Crippen LogP contribution in [-0.4, -0.2) is 38.1 Å². The van der Waals surface area contributed by atoms with Crippen LogP contribution in [0.2, 0.25) is 0 Å². The van der Waals surface area contributed by atoms with Gasteiger partial charge in [0.05, 0.1) is 10.5 Å². The van der Waals surface area contributed by atoms with Crippen molar-refractivity contribution in [2.75, 3.05) is 12.8 Å². The lowest BCUT2D eigenvalue weighted by Gasteiger charge is -2.15. The highest BCUT2D eigenvalue weighted by Crippen LogP contribution is 2.40. The molecular weight excluding hydrogens is 334 g/mol. The number of rotatable bonds is 4. The Hall–Kier alpha value is -2.40. The molecule has 1 aliphatic carbocycles. The van der Waals surface area contributed by atoms with Crippen molar-refractivity contribution in [2.45, 2.75) is 23.8 Å². The summed E-state index contributed by atoms with van der Waals surface area (Å²) < 4.78 is 23.4. The summed E-state index contributed by atoms with van der Waals surface area (Å²) in [5.41, 5.74) is 3.53. The van der Waals surface area contributed by atoms with E-state index in [9.17, 15) is 13.2 Å². The molecule has 1 amide bonds. The fourth-order valence-electron chi connectivity index (χ4n) is 3.32. The Morgan fingerprint density at radius 3 is 2.12 bits per heavy atom. The summed E-state index contributed by atoms with van der Waals surface area (Å²) in [4.78, 5) is 15.2.